The summed E-state index contributed by atoms with van der Waals surface area (Å²) in [4.78, 5) is 19.1. The molecule has 19 heavy (non-hydrogen) atoms. The molecule has 1 amide bonds. The van der Waals surface area contributed by atoms with Crippen molar-refractivity contribution in [3.05, 3.63) is 16.1 Å². The lowest BCUT2D eigenvalue weighted by Crippen LogP contribution is -2.40. The molecule has 4 heteroatoms. The molecule has 1 aliphatic rings. The Bertz CT molecular complexity index is 408. The van der Waals surface area contributed by atoms with Gasteiger partial charge in [-0.2, -0.15) is 0 Å². The van der Waals surface area contributed by atoms with Gasteiger partial charge in [-0.1, -0.05) is 32.6 Å². The number of aromatic nitrogens is 1. The van der Waals surface area contributed by atoms with Crippen molar-refractivity contribution >= 4 is 17.2 Å². The average molecular weight is 280 g/mol. The summed E-state index contributed by atoms with van der Waals surface area (Å²) in [7, 11) is 0. The first-order chi connectivity index (χ1) is 9.22. The molecule has 0 N–H and O–H groups in total. The maximum Gasteiger partial charge on any atom is 0.273 e. The van der Waals surface area contributed by atoms with Crippen molar-refractivity contribution in [1.29, 1.82) is 0 Å². The van der Waals surface area contributed by atoms with Crippen LogP contribution < -0.4 is 0 Å². The third-order valence-corrected chi connectivity index (χ3v) is 4.60. The van der Waals surface area contributed by atoms with E-state index in [4.69, 9.17) is 0 Å². The topological polar surface area (TPSA) is 33.2 Å². The molecule has 2 rings (SSSR count). The van der Waals surface area contributed by atoms with E-state index < -0.39 is 0 Å². The zero-order valence-corrected chi connectivity index (χ0v) is 12.8. The molecule has 0 atom stereocenters. The van der Waals surface area contributed by atoms with Crippen molar-refractivity contribution in [2.75, 3.05) is 6.54 Å². The highest BCUT2D eigenvalue weighted by atomic mass is 32.1. The lowest BCUT2D eigenvalue weighted by Gasteiger charge is -2.30. The van der Waals surface area contributed by atoms with Gasteiger partial charge in [-0.15, -0.1) is 11.3 Å². The van der Waals surface area contributed by atoms with E-state index in [0.29, 0.717) is 11.7 Å². The summed E-state index contributed by atoms with van der Waals surface area (Å²) in [5, 5.41) is 2.87. The maximum atomic E-state index is 12.6. The van der Waals surface area contributed by atoms with Crippen LogP contribution in [-0.2, 0) is 0 Å². The van der Waals surface area contributed by atoms with Gasteiger partial charge in [0.05, 0.1) is 5.01 Å². The highest BCUT2D eigenvalue weighted by molar-refractivity contribution is 7.09. The Morgan fingerprint density at radius 2 is 2.05 bits per heavy atom. The summed E-state index contributed by atoms with van der Waals surface area (Å²) in [6.45, 7) is 4.96. The molecule has 0 radical (unpaired) electrons. The van der Waals surface area contributed by atoms with E-state index in [1.54, 1.807) is 11.3 Å². The largest absolute Gasteiger partial charge is 0.334 e. The van der Waals surface area contributed by atoms with Crippen LogP contribution in [0.5, 0.6) is 0 Å². The normalized spacial score (nSPS) is 17.2. The molecule has 0 saturated heterocycles. The van der Waals surface area contributed by atoms with Crippen molar-refractivity contribution in [3.63, 3.8) is 0 Å². The van der Waals surface area contributed by atoms with Crippen LogP contribution in [0.1, 0.15) is 67.4 Å². The Morgan fingerprint density at radius 3 is 2.58 bits per heavy atom. The number of hydrogen-bond acceptors (Lipinski definition) is 3. The van der Waals surface area contributed by atoms with Gasteiger partial charge in [-0.05, 0) is 26.2 Å². The zero-order valence-electron chi connectivity index (χ0n) is 12.0. The van der Waals surface area contributed by atoms with Gasteiger partial charge in [0.1, 0.15) is 5.69 Å². The van der Waals surface area contributed by atoms with Crippen molar-refractivity contribution in [2.45, 2.75) is 64.8 Å². The molecule has 1 fully saturated rings. The smallest absolute Gasteiger partial charge is 0.273 e. The minimum Gasteiger partial charge on any atom is -0.334 e. The lowest BCUT2D eigenvalue weighted by molar-refractivity contribution is 0.0655. The third-order valence-electron chi connectivity index (χ3n) is 3.83. The second-order valence-electron chi connectivity index (χ2n) is 5.40. The van der Waals surface area contributed by atoms with E-state index in [-0.39, 0.29) is 5.91 Å². The minimum atomic E-state index is 0.137. The minimum absolute atomic E-state index is 0.137. The third kappa shape index (κ3) is 3.78. The summed E-state index contributed by atoms with van der Waals surface area (Å²) in [6, 6.07) is 0.428. The average Bonchev–Trinajstić information content (AvgIpc) is 2.67. The van der Waals surface area contributed by atoms with Gasteiger partial charge in [0.15, 0.2) is 0 Å². The lowest BCUT2D eigenvalue weighted by atomic mass is 10.1. The maximum absolute atomic E-state index is 12.6. The van der Waals surface area contributed by atoms with E-state index in [1.807, 2.05) is 12.3 Å². The van der Waals surface area contributed by atoms with Crippen molar-refractivity contribution in [3.8, 4) is 0 Å². The Labute approximate surface area is 120 Å². The predicted molar refractivity (Wildman–Crippen MR) is 79.7 cm³/mol. The number of carbonyl (C=O) groups excluding carboxylic acids is 1. The van der Waals surface area contributed by atoms with Gasteiger partial charge in [-0.25, -0.2) is 4.98 Å². The van der Waals surface area contributed by atoms with Gasteiger partial charge in [0, 0.05) is 18.0 Å². The fourth-order valence-corrected chi connectivity index (χ4v) is 3.46. The van der Waals surface area contributed by atoms with E-state index in [0.717, 1.165) is 30.8 Å². The van der Waals surface area contributed by atoms with Gasteiger partial charge in [0.2, 0.25) is 0 Å². The number of aryl methyl sites for hydroxylation is 1. The van der Waals surface area contributed by atoms with Crippen LogP contribution in [0.4, 0.5) is 0 Å². The number of rotatable bonds is 4. The molecule has 3 nitrogen and oxygen atoms in total. The predicted octanol–water partition coefficient (Wildman–Crippen LogP) is 4.03. The molecule has 0 spiro atoms. The fourth-order valence-electron chi connectivity index (χ4n) is 2.87. The van der Waals surface area contributed by atoms with Gasteiger partial charge in [0.25, 0.3) is 5.91 Å². The van der Waals surface area contributed by atoms with Crippen molar-refractivity contribution < 1.29 is 4.79 Å². The van der Waals surface area contributed by atoms with Crippen LogP contribution in [-0.4, -0.2) is 28.4 Å². The summed E-state index contributed by atoms with van der Waals surface area (Å²) in [5.74, 6) is 0.137. The SMILES string of the molecule is CCCN(C(=O)c1csc(C)n1)C1CCCCCC1. The van der Waals surface area contributed by atoms with Crippen LogP contribution in [0.15, 0.2) is 5.38 Å². The summed E-state index contributed by atoms with van der Waals surface area (Å²) in [5.41, 5.74) is 0.639. The number of hydrogen-bond donors (Lipinski definition) is 0. The second-order valence-corrected chi connectivity index (χ2v) is 6.46. The van der Waals surface area contributed by atoms with Crippen LogP contribution >= 0.6 is 11.3 Å². The fraction of sp³-hybridized carbons (Fsp3) is 0.733. The van der Waals surface area contributed by atoms with Crippen molar-refractivity contribution in [2.24, 2.45) is 0 Å². The van der Waals surface area contributed by atoms with Gasteiger partial charge < -0.3 is 4.90 Å². The van der Waals surface area contributed by atoms with Crippen LogP contribution in [0.3, 0.4) is 0 Å². The second kappa shape index (κ2) is 7.04. The van der Waals surface area contributed by atoms with E-state index in [9.17, 15) is 4.79 Å². The molecule has 1 aliphatic carbocycles. The summed E-state index contributed by atoms with van der Waals surface area (Å²) >= 11 is 1.56. The Hall–Kier alpha value is -0.900. The molecule has 1 saturated carbocycles. The molecule has 1 aromatic heterocycles. The molecule has 106 valence electrons. The van der Waals surface area contributed by atoms with Crippen LogP contribution in [0.25, 0.3) is 0 Å². The van der Waals surface area contributed by atoms with Crippen LogP contribution in [0.2, 0.25) is 0 Å². The van der Waals surface area contributed by atoms with Crippen molar-refractivity contribution in [1.82, 2.24) is 9.88 Å². The molecule has 1 aromatic rings. The number of thiazole rings is 1. The molecule has 0 aliphatic heterocycles. The number of amides is 1. The highest BCUT2D eigenvalue weighted by Gasteiger charge is 2.26. The van der Waals surface area contributed by atoms with Gasteiger partial charge >= 0.3 is 0 Å². The monoisotopic (exact) mass is 280 g/mol. The first kappa shape index (κ1) is 14.5. The first-order valence-electron chi connectivity index (χ1n) is 7.45. The molecule has 0 unspecified atom stereocenters. The highest BCUT2D eigenvalue weighted by Crippen LogP contribution is 2.24. The quantitative estimate of drug-likeness (QED) is 0.780. The Balaban J connectivity index is 2.11. The van der Waals surface area contributed by atoms with E-state index in [1.165, 1.54) is 25.7 Å². The zero-order chi connectivity index (χ0) is 13.7. The molecule has 0 bridgehead atoms. The molecular weight excluding hydrogens is 256 g/mol. The summed E-state index contributed by atoms with van der Waals surface area (Å²) < 4.78 is 0. The van der Waals surface area contributed by atoms with E-state index in [2.05, 4.69) is 16.8 Å². The van der Waals surface area contributed by atoms with Gasteiger partial charge in [-0.3, -0.25) is 4.79 Å². The number of carbonyl (C=O) groups is 1. The molecule has 0 aromatic carbocycles. The first-order valence-corrected chi connectivity index (χ1v) is 8.33. The standard InChI is InChI=1S/C15H24N2OS/c1-3-10-17(13-8-6-4-5-7-9-13)15(18)14-11-19-12(2)16-14/h11,13H,3-10H2,1-2H3. The molecular formula is C15H24N2OS. The number of nitrogens with zero attached hydrogens (tertiary/aromatic N) is 2. The molecule has 1 heterocycles. The Kier molecular flexibility index (Phi) is 5.37. The summed E-state index contributed by atoms with van der Waals surface area (Å²) in [6.07, 6.45) is 8.50. The van der Waals surface area contributed by atoms with Crippen LogP contribution in [0, 0.1) is 6.92 Å². The van der Waals surface area contributed by atoms with E-state index >= 15 is 0 Å². The Morgan fingerprint density at radius 1 is 1.37 bits per heavy atom.